The summed E-state index contributed by atoms with van der Waals surface area (Å²) in [5, 5.41) is 0. The van der Waals surface area contributed by atoms with Crippen molar-refractivity contribution in [2.75, 3.05) is 12.4 Å². The zero-order valence-electron chi connectivity index (χ0n) is 11.6. The second-order valence-electron chi connectivity index (χ2n) is 5.85. The Hall–Kier alpha value is 0.200. The highest BCUT2D eigenvalue weighted by atomic mass is 35.7. The van der Waals surface area contributed by atoms with Crippen LogP contribution in [0.4, 0.5) is 0 Å². The van der Waals surface area contributed by atoms with Crippen molar-refractivity contribution in [3.63, 3.8) is 0 Å². The summed E-state index contributed by atoms with van der Waals surface area (Å²) in [6.45, 7) is 6.99. The van der Waals surface area contributed by atoms with E-state index in [1.54, 1.807) is 0 Å². The van der Waals surface area contributed by atoms with Gasteiger partial charge in [0.25, 0.3) is 0 Å². The van der Waals surface area contributed by atoms with Crippen LogP contribution in [-0.2, 0) is 13.8 Å². The average Bonchev–Trinajstić information content (AvgIpc) is 2.21. The molecule has 18 heavy (non-hydrogen) atoms. The molecule has 3 unspecified atom stereocenters. The van der Waals surface area contributed by atoms with Gasteiger partial charge in [0.05, 0.1) is 18.5 Å². The molecule has 0 aromatic rings. The van der Waals surface area contributed by atoms with Gasteiger partial charge in [0.1, 0.15) is 0 Å². The maximum atomic E-state index is 11.1. The molecule has 0 saturated heterocycles. The Labute approximate surface area is 116 Å². The molecule has 3 nitrogen and oxygen atoms in total. The zero-order valence-corrected chi connectivity index (χ0v) is 13.1. The first kappa shape index (κ1) is 16.3. The summed E-state index contributed by atoms with van der Waals surface area (Å²) in [6.07, 6.45) is 4.52. The lowest BCUT2D eigenvalue weighted by Crippen LogP contribution is -2.29. The zero-order chi connectivity index (χ0) is 13.8. The van der Waals surface area contributed by atoms with Gasteiger partial charge >= 0.3 is 0 Å². The van der Waals surface area contributed by atoms with Crippen LogP contribution in [0, 0.1) is 17.8 Å². The maximum absolute atomic E-state index is 11.1. The summed E-state index contributed by atoms with van der Waals surface area (Å²) in [7, 11) is 1.87. The Morgan fingerprint density at radius 2 is 1.78 bits per heavy atom. The Morgan fingerprint density at radius 3 is 2.22 bits per heavy atom. The minimum Gasteiger partial charge on any atom is -0.378 e. The topological polar surface area (TPSA) is 43.4 Å². The van der Waals surface area contributed by atoms with Crippen molar-refractivity contribution in [2.45, 2.75) is 52.6 Å². The fourth-order valence-electron chi connectivity index (χ4n) is 2.85. The van der Waals surface area contributed by atoms with Gasteiger partial charge < -0.3 is 4.74 Å². The summed E-state index contributed by atoms with van der Waals surface area (Å²) in [6, 6.07) is 0. The van der Waals surface area contributed by atoms with Crippen molar-refractivity contribution in [3.05, 3.63) is 0 Å². The fraction of sp³-hybridized carbons (Fsp3) is 1.00. The molecule has 1 aliphatic rings. The van der Waals surface area contributed by atoms with Crippen LogP contribution < -0.4 is 0 Å². The fourth-order valence-corrected chi connectivity index (χ4v) is 4.28. The molecule has 0 heterocycles. The molecule has 0 aromatic heterocycles. The van der Waals surface area contributed by atoms with Crippen molar-refractivity contribution < 1.29 is 13.2 Å². The van der Waals surface area contributed by atoms with Crippen LogP contribution >= 0.6 is 10.7 Å². The van der Waals surface area contributed by atoms with E-state index in [9.17, 15) is 8.42 Å². The number of halogens is 1. The normalized spacial score (nSPS) is 31.2. The van der Waals surface area contributed by atoms with E-state index in [-0.39, 0.29) is 17.8 Å². The van der Waals surface area contributed by atoms with E-state index in [0.29, 0.717) is 18.4 Å². The van der Waals surface area contributed by atoms with Crippen LogP contribution in [0.1, 0.15) is 46.5 Å². The third-order valence-electron chi connectivity index (χ3n) is 3.72. The molecule has 0 aliphatic heterocycles. The Bertz CT molecular complexity index is 332. The van der Waals surface area contributed by atoms with Crippen LogP contribution in [0.5, 0.6) is 0 Å². The quantitative estimate of drug-likeness (QED) is 0.705. The first-order chi connectivity index (χ1) is 8.30. The summed E-state index contributed by atoms with van der Waals surface area (Å²) < 4.78 is 28.0. The van der Waals surface area contributed by atoms with Crippen molar-refractivity contribution in [1.82, 2.24) is 0 Å². The van der Waals surface area contributed by atoms with Gasteiger partial charge in [0.15, 0.2) is 0 Å². The van der Waals surface area contributed by atoms with Gasteiger partial charge in [-0.25, -0.2) is 8.42 Å². The van der Waals surface area contributed by atoms with Gasteiger partial charge in [0.2, 0.25) is 9.05 Å². The first-order valence-electron chi connectivity index (χ1n) is 6.84. The molecule has 108 valence electrons. The van der Waals surface area contributed by atoms with E-state index in [1.807, 2.05) is 6.92 Å². The van der Waals surface area contributed by atoms with E-state index >= 15 is 0 Å². The van der Waals surface area contributed by atoms with Gasteiger partial charge in [-0.2, -0.15) is 0 Å². The maximum Gasteiger partial charge on any atom is 0.232 e. The summed E-state index contributed by atoms with van der Waals surface area (Å²) in [5.41, 5.74) is 0. The molecule has 0 bridgehead atoms. The highest BCUT2D eigenvalue weighted by molar-refractivity contribution is 8.13. The van der Waals surface area contributed by atoms with Crippen molar-refractivity contribution in [3.8, 4) is 0 Å². The molecule has 0 N–H and O–H groups in total. The summed E-state index contributed by atoms with van der Waals surface area (Å²) in [5.74, 6) is 1.44. The Balaban J connectivity index is 2.38. The summed E-state index contributed by atoms with van der Waals surface area (Å²) >= 11 is 0. The monoisotopic (exact) mass is 296 g/mol. The van der Waals surface area contributed by atoms with E-state index in [4.69, 9.17) is 15.4 Å². The molecular formula is C13H25ClO3S. The van der Waals surface area contributed by atoms with Gasteiger partial charge in [0, 0.05) is 10.7 Å². The number of hydrogen-bond acceptors (Lipinski definition) is 3. The smallest absolute Gasteiger partial charge is 0.232 e. The van der Waals surface area contributed by atoms with Crippen LogP contribution in [0.2, 0.25) is 0 Å². The lowest BCUT2D eigenvalue weighted by atomic mass is 9.82. The van der Waals surface area contributed by atoms with Crippen molar-refractivity contribution in [1.29, 1.82) is 0 Å². The van der Waals surface area contributed by atoms with Crippen LogP contribution in [0.3, 0.4) is 0 Å². The minimum absolute atomic E-state index is 0.0139. The number of hydrogen-bond donors (Lipinski definition) is 0. The molecule has 0 amide bonds. The van der Waals surface area contributed by atoms with E-state index in [1.165, 1.54) is 6.42 Å². The van der Waals surface area contributed by atoms with Crippen molar-refractivity contribution >= 4 is 19.7 Å². The molecule has 1 saturated carbocycles. The van der Waals surface area contributed by atoms with Gasteiger partial charge in [-0.3, -0.25) is 0 Å². The van der Waals surface area contributed by atoms with Gasteiger partial charge in [-0.15, -0.1) is 0 Å². The molecule has 5 heteroatoms. The predicted octanol–water partition coefficient (Wildman–Crippen LogP) is 3.42. The third-order valence-corrected chi connectivity index (χ3v) is 4.96. The van der Waals surface area contributed by atoms with E-state index in [2.05, 4.69) is 13.8 Å². The summed E-state index contributed by atoms with van der Waals surface area (Å²) in [4.78, 5) is 0. The van der Waals surface area contributed by atoms with Crippen molar-refractivity contribution in [2.24, 2.45) is 17.8 Å². The first-order valence-corrected chi connectivity index (χ1v) is 9.32. The van der Waals surface area contributed by atoms with E-state index < -0.39 is 9.05 Å². The second kappa shape index (κ2) is 7.11. The highest BCUT2D eigenvalue weighted by Crippen LogP contribution is 2.30. The Kier molecular flexibility index (Phi) is 6.42. The minimum atomic E-state index is -3.42. The second-order valence-corrected chi connectivity index (χ2v) is 8.67. The van der Waals surface area contributed by atoms with Crippen LogP contribution in [0.15, 0.2) is 0 Å². The molecule has 1 aliphatic carbocycles. The number of rotatable bonds is 6. The molecule has 1 rings (SSSR count). The highest BCUT2D eigenvalue weighted by Gasteiger charge is 2.25. The lowest BCUT2D eigenvalue weighted by molar-refractivity contribution is -0.0132. The Morgan fingerprint density at radius 1 is 1.22 bits per heavy atom. The van der Waals surface area contributed by atoms with Gasteiger partial charge in [-0.1, -0.05) is 27.2 Å². The molecule has 0 aromatic carbocycles. The van der Waals surface area contributed by atoms with Crippen LogP contribution in [0.25, 0.3) is 0 Å². The lowest BCUT2D eigenvalue weighted by Gasteiger charge is -2.32. The SMILES string of the molecule is CCC(COC1CC(C)CC(C)C1)CS(=O)(=O)Cl. The largest absolute Gasteiger partial charge is 0.378 e. The predicted molar refractivity (Wildman–Crippen MR) is 75.3 cm³/mol. The van der Waals surface area contributed by atoms with E-state index in [0.717, 1.165) is 19.3 Å². The molecule has 0 spiro atoms. The van der Waals surface area contributed by atoms with Gasteiger partial charge in [-0.05, 0) is 37.0 Å². The average molecular weight is 297 g/mol. The standard InChI is InChI=1S/C13H25ClO3S/c1-4-12(9-18(14,15)16)8-17-13-6-10(2)5-11(3)7-13/h10-13H,4-9H2,1-3H3. The van der Waals surface area contributed by atoms with Crippen LogP contribution in [-0.4, -0.2) is 26.9 Å². The third kappa shape index (κ3) is 6.39. The molecular weight excluding hydrogens is 272 g/mol. The molecule has 1 fully saturated rings. The molecule has 3 atom stereocenters. The number of ether oxygens (including phenoxy) is 1. The molecule has 0 radical (unpaired) electrons.